The zero-order valence-corrected chi connectivity index (χ0v) is 16.0. The number of anilines is 1. The lowest BCUT2D eigenvalue weighted by Gasteiger charge is -2.27. The highest BCUT2D eigenvalue weighted by Crippen LogP contribution is 2.47. The number of imide groups is 1. The molecule has 3 atom stereocenters. The fourth-order valence-electron chi connectivity index (χ4n) is 3.95. The van der Waals surface area contributed by atoms with E-state index in [1.807, 2.05) is 30.3 Å². The molecular weight excluding hydrogens is 392 g/mol. The van der Waals surface area contributed by atoms with Gasteiger partial charge in [0.25, 0.3) is 5.91 Å². The Balaban J connectivity index is 1.50. The SMILES string of the molecule is O=C1[C@H]2[C@H](ON(c3ccc(Cl)cc3)[C@H]2c2ccco2)C(=O)N1Cc1ccccc1. The first kappa shape index (κ1) is 18.0. The summed E-state index contributed by atoms with van der Waals surface area (Å²) in [7, 11) is 0. The second-order valence-electron chi connectivity index (χ2n) is 7.06. The molecule has 5 rings (SSSR count). The van der Waals surface area contributed by atoms with E-state index in [2.05, 4.69) is 0 Å². The summed E-state index contributed by atoms with van der Waals surface area (Å²) in [4.78, 5) is 33.6. The number of carbonyl (C=O) groups is 2. The second kappa shape index (κ2) is 7.06. The summed E-state index contributed by atoms with van der Waals surface area (Å²) in [5.74, 6) is -0.721. The van der Waals surface area contributed by atoms with E-state index in [0.717, 1.165) is 5.56 Å². The summed E-state index contributed by atoms with van der Waals surface area (Å²) in [6, 6.07) is 19.5. The van der Waals surface area contributed by atoms with E-state index in [1.165, 1.54) is 4.90 Å². The van der Waals surface area contributed by atoms with Crippen LogP contribution in [0.3, 0.4) is 0 Å². The average molecular weight is 409 g/mol. The number of rotatable bonds is 4. The van der Waals surface area contributed by atoms with Crippen LogP contribution in [0, 0.1) is 5.92 Å². The summed E-state index contributed by atoms with van der Waals surface area (Å²) < 4.78 is 5.61. The zero-order chi connectivity index (χ0) is 20.0. The lowest BCUT2D eigenvalue weighted by molar-refractivity contribution is -0.143. The number of nitrogens with zero attached hydrogens (tertiary/aromatic N) is 2. The number of amides is 2. The maximum atomic E-state index is 13.3. The maximum Gasteiger partial charge on any atom is 0.262 e. The van der Waals surface area contributed by atoms with Crippen molar-refractivity contribution in [1.29, 1.82) is 0 Å². The molecule has 0 aliphatic carbocycles. The normalized spacial score (nSPS) is 23.7. The van der Waals surface area contributed by atoms with E-state index < -0.39 is 18.1 Å². The lowest BCUT2D eigenvalue weighted by Crippen LogP contribution is -2.36. The first-order valence-electron chi connectivity index (χ1n) is 9.27. The number of hydroxylamine groups is 1. The minimum atomic E-state index is -0.892. The fraction of sp³-hybridized carbons (Fsp3) is 0.182. The Bertz CT molecular complexity index is 1040. The predicted molar refractivity (Wildman–Crippen MR) is 106 cm³/mol. The highest BCUT2D eigenvalue weighted by molar-refractivity contribution is 6.30. The second-order valence-corrected chi connectivity index (χ2v) is 7.50. The molecule has 2 fully saturated rings. The Kier molecular flexibility index (Phi) is 4.38. The largest absolute Gasteiger partial charge is 0.467 e. The number of furan rings is 1. The van der Waals surface area contributed by atoms with Crippen LogP contribution in [0.4, 0.5) is 5.69 Å². The van der Waals surface area contributed by atoms with Gasteiger partial charge in [-0.2, -0.15) is 0 Å². The summed E-state index contributed by atoms with van der Waals surface area (Å²) in [6.07, 6.45) is 0.656. The molecule has 3 heterocycles. The van der Waals surface area contributed by atoms with Crippen molar-refractivity contribution in [3.8, 4) is 0 Å². The van der Waals surface area contributed by atoms with Crippen LogP contribution in [0.2, 0.25) is 5.02 Å². The third-order valence-electron chi connectivity index (χ3n) is 5.31. The molecule has 2 aliphatic heterocycles. The van der Waals surface area contributed by atoms with Crippen LogP contribution < -0.4 is 5.06 Å². The van der Waals surface area contributed by atoms with E-state index in [0.29, 0.717) is 16.5 Å². The van der Waals surface area contributed by atoms with E-state index in [1.54, 1.807) is 47.7 Å². The van der Waals surface area contributed by atoms with Crippen LogP contribution in [0.15, 0.2) is 77.4 Å². The quantitative estimate of drug-likeness (QED) is 0.611. The maximum absolute atomic E-state index is 13.3. The van der Waals surface area contributed by atoms with Gasteiger partial charge in [0.05, 0.1) is 18.5 Å². The number of likely N-dealkylation sites (tertiary alicyclic amines) is 1. The predicted octanol–water partition coefficient (Wildman–Crippen LogP) is 3.98. The molecule has 0 N–H and O–H groups in total. The molecule has 1 aromatic heterocycles. The smallest absolute Gasteiger partial charge is 0.262 e. The molecule has 2 aromatic carbocycles. The highest BCUT2D eigenvalue weighted by Gasteiger charge is 2.60. The minimum Gasteiger partial charge on any atom is -0.467 e. The van der Waals surface area contributed by atoms with Gasteiger partial charge < -0.3 is 4.42 Å². The Hall–Kier alpha value is -3.09. The van der Waals surface area contributed by atoms with Crippen LogP contribution >= 0.6 is 11.6 Å². The number of benzene rings is 2. The van der Waals surface area contributed by atoms with E-state index >= 15 is 0 Å². The van der Waals surface area contributed by atoms with Crippen molar-refractivity contribution < 1.29 is 18.8 Å². The van der Waals surface area contributed by atoms with Gasteiger partial charge in [-0.25, -0.2) is 5.06 Å². The topological polar surface area (TPSA) is 63.0 Å². The van der Waals surface area contributed by atoms with Crippen molar-refractivity contribution in [2.24, 2.45) is 5.92 Å². The summed E-state index contributed by atoms with van der Waals surface area (Å²) in [5, 5.41) is 2.17. The Morgan fingerprint density at radius 3 is 2.34 bits per heavy atom. The monoisotopic (exact) mass is 408 g/mol. The molecule has 0 radical (unpaired) electrons. The van der Waals surface area contributed by atoms with Crippen LogP contribution in [-0.2, 0) is 21.0 Å². The highest BCUT2D eigenvalue weighted by atomic mass is 35.5. The molecule has 29 heavy (non-hydrogen) atoms. The molecule has 0 spiro atoms. The Morgan fingerprint density at radius 2 is 1.66 bits per heavy atom. The van der Waals surface area contributed by atoms with Gasteiger partial charge in [0, 0.05) is 5.02 Å². The first-order valence-corrected chi connectivity index (χ1v) is 9.65. The molecular formula is C22H17ClN2O4. The van der Waals surface area contributed by atoms with Gasteiger partial charge in [0.15, 0.2) is 6.10 Å². The van der Waals surface area contributed by atoms with Crippen molar-refractivity contribution in [2.45, 2.75) is 18.7 Å². The van der Waals surface area contributed by atoms with Gasteiger partial charge in [-0.15, -0.1) is 0 Å². The molecule has 3 aromatic rings. The Labute approximate surface area is 172 Å². The molecule has 0 saturated carbocycles. The zero-order valence-electron chi connectivity index (χ0n) is 15.3. The standard InChI is InChI=1S/C22H17ClN2O4/c23-15-8-10-16(11-9-15)25-19(17-7-4-12-28-17)18-20(29-25)22(27)24(21(18)26)13-14-5-2-1-3-6-14/h1-12,18-20H,13H2/t18-,19+,20+/m1/s1. The molecule has 2 amide bonds. The molecule has 7 heteroatoms. The number of fused-ring (bicyclic) bond motifs is 1. The molecule has 0 unspecified atom stereocenters. The summed E-state index contributed by atoms with van der Waals surface area (Å²) >= 11 is 6.00. The third kappa shape index (κ3) is 3.01. The van der Waals surface area contributed by atoms with Gasteiger partial charge in [0.2, 0.25) is 5.91 Å². The van der Waals surface area contributed by atoms with Crippen molar-refractivity contribution in [1.82, 2.24) is 4.90 Å². The van der Waals surface area contributed by atoms with E-state index in [-0.39, 0.29) is 18.4 Å². The van der Waals surface area contributed by atoms with Gasteiger partial charge >= 0.3 is 0 Å². The van der Waals surface area contributed by atoms with Crippen molar-refractivity contribution in [2.75, 3.05) is 5.06 Å². The number of hydrogen-bond acceptors (Lipinski definition) is 5. The van der Waals surface area contributed by atoms with Gasteiger partial charge in [-0.05, 0) is 42.0 Å². The van der Waals surface area contributed by atoms with Crippen LogP contribution in [-0.4, -0.2) is 22.8 Å². The fourth-order valence-corrected chi connectivity index (χ4v) is 4.08. The van der Waals surface area contributed by atoms with Crippen molar-refractivity contribution in [3.63, 3.8) is 0 Å². The average Bonchev–Trinajstić information content (AvgIpc) is 3.44. The van der Waals surface area contributed by atoms with E-state index in [4.69, 9.17) is 20.9 Å². The summed E-state index contributed by atoms with van der Waals surface area (Å²) in [6.45, 7) is 0.223. The molecule has 6 nitrogen and oxygen atoms in total. The van der Waals surface area contributed by atoms with E-state index in [9.17, 15) is 9.59 Å². The van der Waals surface area contributed by atoms with Gasteiger partial charge in [-0.1, -0.05) is 41.9 Å². The molecule has 2 aliphatic rings. The van der Waals surface area contributed by atoms with Crippen LogP contribution in [0.5, 0.6) is 0 Å². The van der Waals surface area contributed by atoms with Crippen LogP contribution in [0.1, 0.15) is 17.4 Å². The number of carbonyl (C=O) groups excluding carboxylic acids is 2. The lowest BCUT2D eigenvalue weighted by atomic mass is 9.94. The summed E-state index contributed by atoms with van der Waals surface area (Å²) in [5.41, 5.74) is 1.58. The molecule has 146 valence electrons. The third-order valence-corrected chi connectivity index (χ3v) is 5.56. The molecule has 0 bridgehead atoms. The number of halogens is 1. The number of hydrogen-bond donors (Lipinski definition) is 0. The van der Waals surface area contributed by atoms with Crippen LogP contribution in [0.25, 0.3) is 0 Å². The van der Waals surface area contributed by atoms with Gasteiger partial charge in [-0.3, -0.25) is 19.3 Å². The Morgan fingerprint density at radius 1 is 0.897 bits per heavy atom. The molecule has 2 saturated heterocycles. The first-order chi connectivity index (χ1) is 14.1. The van der Waals surface area contributed by atoms with Crippen molar-refractivity contribution in [3.05, 3.63) is 89.3 Å². The minimum absolute atomic E-state index is 0.223. The van der Waals surface area contributed by atoms with Crippen molar-refractivity contribution >= 4 is 29.1 Å². The van der Waals surface area contributed by atoms with Gasteiger partial charge in [0.1, 0.15) is 17.7 Å².